The van der Waals surface area contributed by atoms with Crippen molar-refractivity contribution in [1.29, 1.82) is 0 Å². The van der Waals surface area contributed by atoms with Crippen LogP contribution >= 0.6 is 35.6 Å². The zero-order valence-corrected chi connectivity index (χ0v) is 14.0. The average Bonchev–Trinajstić information content (AvgIpc) is 2.46. The molecule has 0 aromatic heterocycles. The lowest BCUT2D eigenvalue weighted by Gasteiger charge is -2.40. The standard InChI is InChI=1S/C14H17ClN2O2S2/c1-21-14(13(16)20)4-6-17(7-5-14)12(19)10-3-2-9(15)8-11(10)18/h2-3,8,18H,4-7H2,1H3,(H2,16,20). The van der Waals surface area contributed by atoms with Crippen molar-refractivity contribution in [3.8, 4) is 5.75 Å². The minimum absolute atomic E-state index is 0.0939. The predicted molar refractivity (Wildman–Crippen MR) is 91.3 cm³/mol. The van der Waals surface area contributed by atoms with E-state index in [1.54, 1.807) is 28.8 Å². The van der Waals surface area contributed by atoms with Gasteiger partial charge in [-0.3, -0.25) is 4.79 Å². The number of likely N-dealkylation sites (tertiary alicyclic amines) is 1. The highest BCUT2D eigenvalue weighted by atomic mass is 35.5. The zero-order valence-electron chi connectivity index (χ0n) is 11.6. The Morgan fingerprint density at radius 3 is 2.57 bits per heavy atom. The minimum atomic E-state index is -0.228. The average molecular weight is 345 g/mol. The van der Waals surface area contributed by atoms with E-state index in [1.165, 1.54) is 6.07 Å². The van der Waals surface area contributed by atoms with Crippen molar-refractivity contribution in [2.45, 2.75) is 17.6 Å². The number of nitrogens with two attached hydrogens (primary N) is 1. The Hall–Kier alpha value is -0.980. The van der Waals surface area contributed by atoms with E-state index >= 15 is 0 Å². The van der Waals surface area contributed by atoms with Crippen LogP contribution in [0.25, 0.3) is 0 Å². The molecule has 1 saturated heterocycles. The summed E-state index contributed by atoms with van der Waals surface area (Å²) in [5.74, 6) is -0.287. The van der Waals surface area contributed by atoms with Crippen molar-refractivity contribution in [3.63, 3.8) is 0 Å². The molecule has 1 heterocycles. The van der Waals surface area contributed by atoms with Crippen LogP contribution in [-0.2, 0) is 0 Å². The molecule has 0 spiro atoms. The molecule has 0 radical (unpaired) electrons. The number of rotatable bonds is 3. The van der Waals surface area contributed by atoms with Gasteiger partial charge in [0, 0.05) is 18.1 Å². The number of amides is 1. The van der Waals surface area contributed by atoms with E-state index in [0.717, 1.165) is 12.8 Å². The van der Waals surface area contributed by atoms with Crippen LogP contribution in [0, 0.1) is 0 Å². The van der Waals surface area contributed by atoms with Crippen molar-refractivity contribution in [2.75, 3.05) is 19.3 Å². The monoisotopic (exact) mass is 344 g/mol. The fourth-order valence-electron chi connectivity index (χ4n) is 2.48. The highest BCUT2D eigenvalue weighted by Gasteiger charge is 2.38. The van der Waals surface area contributed by atoms with Crippen LogP contribution in [0.2, 0.25) is 5.02 Å². The summed E-state index contributed by atoms with van der Waals surface area (Å²) in [4.78, 5) is 14.7. The van der Waals surface area contributed by atoms with E-state index in [2.05, 4.69) is 0 Å². The van der Waals surface area contributed by atoms with Gasteiger partial charge in [-0.05, 0) is 37.3 Å². The molecule has 0 saturated carbocycles. The summed E-state index contributed by atoms with van der Waals surface area (Å²) in [6, 6.07) is 4.52. The molecule has 4 nitrogen and oxygen atoms in total. The fourth-order valence-corrected chi connectivity index (χ4v) is 3.89. The summed E-state index contributed by atoms with van der Waals surface area (Å²) in [6.07, 6.45) is 3.44. The second kappa shape index (κ2) is 6.42. The van der Waals surface area contributed by atoms with E-state index < -0.39 is 0 Å². The van der Waals surface area contributed by atoms with Gasteiger partial charge in [-0.15, -0.1) is 0 Å². The van der Waals surface area contributed by atoms with Gasteiger partial charge in [0.1, 0.15) is 5.75 Å². The van der Waals surface area contributed by atoms with Gasteiger partial charge < -0.3 is 15.7 Å². The number of phenolic OH excluding ortho intramolecular Hbond substituents is 1. The number of hydrogen-bond donors (Lipinski definition) is 2. The smallest absolute Gasteiger partial charge is 0.257 e. The van der Waals surface area contributed by atoms with Crippen molar-refractivity contribution >= 4 is 46.5 Å². The van der Waals surface area contributed by atoms with Gasteiger partial charge in [0.05, 0.1) is 15.3 Å². The van der Waals surface area contributed by atoms with Crippen LogP contribution in [0.15, 0.2) is 18.2 Å². The second-order valence-electron chi connectivity index (χ2n) is 5.02. The zero-order chi connectivity index (χ0) is 15.6. The summed E-state index contributed by atoms with van der Waals surface area (Å²) in [7, 11) is 0. The lowest BCUT2D eigenvalue weighted by atomic mass is 9.95. The maximum Gasteiger partial charge on any atom is 0.257 e. The van der Waals surface area contributed by atoms with Gasteiger partial charge in [0.15, 0.2) is 0 Å². The lowest BCUT2D eigenvalue weighted by molar-refractivity contribution is 0.0716. The Bertz CT molecular complexity index is 572. The van der Waals surface area contributed by atoms with E-state index in [-0.39, 0.29) is 22.0 Å². The minimum Gasteiger partial charge on any atom is -0.507 e. The van der Waals surface area contributed by atoms with Gasteiger partial charge in [0.2, 0.25) is 0 Å². The van der Waals surface area contributed by atoms with Gasteiger partial charge in [0.25, 0.3) is 5.91 Å². The molecule has 1 aliphatic rings. The van der Waals surface area contributed by atoms with Gasteiger partial charge >= 0.3 is 0 Å². The number of hydrogen-bond acceptors (Lipinski definition) is 4. The molecule has 0 atom stereocenters. The summed E-state index contributed by atoms with van der Waals surface area (Å²) >= 11 is 12.6. The second-order valence-corrected chi connectivity index (χ2v) is 7.08. The third-order valence-corrected chi connectivity index (χ3v) is 6.05. The Kier molecular flexibility index (Phi) is 5.01. The van der Waals surface area contributed by atoms with Gasteiger partial charge in [-0.25, -0.2) is 0 Å². The third-order valence-electron chi connectivity index (χ3n) is 3.89. The van der Waals surface area contributed by atoms with E-state index in [0.29, 0.717) is 23.1 Å². The molecule has 1 amide bonds. The molecule has 21 heavy (non-hydrogen) atoms. The van der Waals surface area contributed by atoms with Crippen LogP contribution in [0.5, 0.6) is 5.75 Å². The predicted octanol–water partition coefficient (Wildman–Crippen LogP) is 2.67. The highest BCUT2D eigenvalue weighted by Crippen LogP contribution is 2.35. The molecule has 1 aromatic carbocycles. The number of carbonyl (C=O) groups is 1. The number of thioether (sulfide) groups is 1. The number of piperidine rings is 1. The van der Waals surface area contributed by atoms with Crippen LogP contribution in [0.4, 0.5) is 0 Å². The molecule has 7 heteroatoms. The summed E-state index contributed by atoms with van der Waals surface area (Å²) in [5, 5.41) is 10.3. The molecule has 0 unspecified atom stereocenters. The number of nitrogens with zero attached hydrogens (tertiary/aromatic N) is 1. The Morgan fingerprint density at radius 2 is 2.10 bits per heavy atom. The number of thiocarbonyl (C=S) groups is 1. The molecule has 0 aliphatic carbocycles. The topological polar surface area (TPSA) is 66.6 Å². The number of aromatic hydroxyl groups is 1. The van der Waals surface area contributed by atoms with Crippen molar-refractivity contribution in [2.24, 2.45) is 5.73 Å². The normalized spacial score (nSPS) is 17.5. The SMILES string of the molecule is CSC1(C(N)=S)CCN(C(=O)c2ccc(Cl)cc2O)CC1. The van der Waals surface area contributed by atoms with Crippen LogP contribution in [0.3, 0.4) is 0 Å². The van der Waals surface area contributed by atoms with Crippen LogP contribution in [-0.4, -0.2) is 45.0 Å². The first-order valence-corrected chi connectivity index (χ1v) is 8.53. The first kappa shape index (κ1) is 16.4. The first-order valence-electron chi connectivity index (χ1n) is 6.52. The molecular formula is C14H17ClN2O2S2. The number of phenols is 1. The Morgan fingerprint density at radius 1 is 1.48 bits per heavy atom. The lowest BCUT2D eigenvalue weighted by Crippen LogP contribution is -2.50. The third kappa shape index (κ3) is 3.27. The van der Waals surface area contributed by atoms with E-state index in [9.17, 15) is 9.90 Å². The molecule has 1 aromatic rings. The van der Waals surface area contributed by atoms with Crippen LogP contribution < -0.4 is 5.73 Å². The fraction of sp³-hybridized carbons (Fsp3) is 0.429. The maximum absolute atomic E-state index is 12.5. The van der Waals surface area contributed by atoms with Crippen LogP contribution in [0.1, 0.15) is 23.2 Å². The van der Waals surface area contributed by atoms with Crippen molar-refractivity contribution in [1.82, 2.24) is 4.90 Å². The van der Waals surface area contributed by atoms with Crippen molar-refractivity contribution in [3.05, 3.63) is 28.8 Å². The van der Waals surface area contributed by atoms with Gasteiger partial charge in [-0.1, -0.05) is 23.8 Å². The molecule has 1 fully saturated rings. The molecule has 114 valence electrons. The van der Waals surface area contributed by atoms with Crippen molar-refractivity contribution < 1.29 is 9.90 Å². The molecule has 1 aliphatic heterocycles. The molecule has 0 bridgehead atoms. The van der Waals surface area contributed by atoms with E-state index in [1.807, 2.05) is 6.26 Å². The molecule has 3 N–H and O–H groups in total. The number of halogens is 1. The number of carbonyl (C=O) groups excluding carboxylic acids is 1. The van der Waals surface area contributed by atoms with Gasteiger partial charge in [-0.2, -0.15) is 11.8 Å². The summed E-state index contributed by atoms with van der Waals surface area (Å²) in [5.41, 5.74) is 6.11. The maximum atomic E-state index is 12.5. The summed E-state index contributed by atoms with van der Waals surface area (Å²) in [6.45, 7) is 1.14. The summed E-state index contributed by atoms with van der Waals surface area (Å²) < 4.78 is -0.228. The molecule has 2 rings (SSSR count). The quantitative estimate of drug-likeness (QED) is 0.825. The molecular weight excluding hydrogens is 328 g/mol. The number of benzene rings is 1. The first-order chi connectivity index (χ1) is 9.89. The Labute approximate surface area is 138 Å². The largest absolute Gasteiger partial charge is 0.507 e. The highest BCUT2D eigenvalue weighted by molar-refractivity contribution is 8.02. The van der Waals surface area contributed by atoms with E-state index in [4.69, 9.17) is 29.6 Å². The Balaban J connectivity index is 2.12.